The Morgan fingerprint density at radius 2 is 1.92 bits per heavy atom. The molecule has 0 saturated carbocycles. The third-order valence-corrected chi connectivity index (χ3v) is 1.70. The summed E-state index contributed by atoms with van der Waals surface area (Å²) in [6.45, 7) is 0.775. The summed E-state index contributed by atoms with van der Waals surface area (Å²) in [5.41, 5.74) is 7.52. The molecule has 3 nitrogen and oxygen atoms in total. The lowest BCUT2D eigenvalue weighted by molar-refractivity contribution is -0.116. The maximum Gasteiger partial charge on any atom is 0.0575 e. The van der Waals surface area contributed by atoms with Crippen LogP contribution in [-0.2, 0) is 11.4 Å². The lowest BCUT2D eigenvalue weighted by Gasteiger charge is -2.12. The molecule has 0 spiro atoms. The van der Waals surface area contributed by atoms with Crippen molar-refractivity contribution >= 4 is 5.69 Å². The Morgan fingerprint density at radius 3 is 2.42 bits per heavy atom. The number of nitrogen functional groups attached to an aromatic ring is 1. The van der Waals surface area contributed by atoms with E-state index in [1.54, 1.807) is 12.2 Å². The van der Waals surface area contributed by atoms with Crippen molar-refractivity contribution in [3.8, 4) is 0 Å². The van der Waals surface area contributed by atoms with Crippen molar-refractivity contribution in [2.45, 2.75) is 6.54 Å². The standard InChI is InChI=1S/C9H14N2O/c1-11(12-2)7-8-3-5-9(10)6-4-8/h3-6H,7,10H2,1-2H3. The minimum atomic E-state index is 0.775. The lowest BCUT2D eigenvalue weighted by Crippen LogP contribution is -2.15. The molecule has 0 bridgehead atoms. The monoisotopic (exact) mass is 166 g/mol. The minimum absolute atomic E-state index is 0.775. The zero-order valence-electron chi connectivity index (χ0n) is 7.45. The van der Waals surface area contributed by atoms with Crippen LogP contribution in [0.15, 0.2) is 24.3 Å². The summed E-state index contributed by atoms with van der Waals surface area (Å²) in [7, 11) is 3.54. The Hall–Kier alpha value is -1.06. The molecule has 0 fully saturated rings. The molecule has 0 unspecified atom stereocenters. The summed E-state index contributed by atoms with van der Waals surface area (Å²) < 4.78 is 0. The number of nitrogens with zero attached hydrogens (tertiary/aromatic N) is 1. The van der Waals surface area contributed by atoms with Crippen LogP contribution < -0.4 is 5.73 Å². The molecule has 0 aliphatic rings. The average Bonchev–Trinajstić information content (AvgIpc) is 2.09. The van der Waals surface area contributed by atoms with Crippen molar-refractivity contribution in [1.82, 2.24) is 5.06 Å². The Labute approximate surface area is 72.7 Å². The largest absolute Gasteiger partial charge is 0.399 e. The Kier molecular flexibility index (Phi) is 3.08. The highest BCUT2D eigenvalue weighted by Gasteiger charge is 1.96. The second-order valence-corrected chi connectivity index (χ2v) is 2.71. The van der Waals surface area contributed by atoms with E-state index in [0.717, 1.165) is 12.2 Å². The maximum absolute atomic E-state index is 5.55. The van der Waals surface area contributed by atoms with Gasteiger partial charge in [0.1, 0.15) is 0 Å². The Morgan fingerprint density at radius 1 is 1.33 bits per heavy atom. The fourth-order valence-corrected chi connectivity index (χ4v) is 0.945. The summed E-state index contributed by atoms with van der Waals surface area (Å²) in [4.78, 5) is 4.99. The van der Waals surface area contributed by atoms with Gasteiger partial charge in [0.2, 0.25) is 0 Å². The van der Waals surface area contributed by atoms with Crippen molar-refractivity contribution < 1.29 is 4.84 Å². The van der Waals surface area contributed by atoms with Crippen LogP contribution in [0.1, 0.15) is 5.56 Å². The SMILES string of the molecule is CON(C)Cc1ccc(N)cc1. The van der Waals surface area contributed by atoms with Crippen LogP contribution in [-0.4, -0.2) is 19.2 Å². The number of rotatable bonds is 3. The number of hydrogen-bond donors (Lipinski definition) is 1. The summed E-state index contributed by atoms with van der Waals surface area (Å²) >= 11 is 0. The van der Waals surface area contributed by atoms with Gasteiger partial charge < -0.3 is 10.6 Å². The predicted molar refractivity (Wildman–Crippen MR) is 49.3 cm³/mol. The zero-order valence-corrected chi connectivity index (χ0v) is 7.45. The summed E-state index contributed by atoms with van der Waals surface area (Å²) in [6, 6.07) is 7.76. The molecule has 0 aromatic heterocycles. The third-order valence-electron chi connectivity index (χ3n) is 1.70. The van der Waals surface area contributed by atoms with E-state index < -0.39 is 0 Å². The van der Waals surface area contributed by atoms with Gasteiger partial charge in [-0.15, -0.1) is 0 Å². The first kappa shape index (κ1) is 9.03. The molecule has 0 radical (unpaired) electrons. The molecule has 1 aromatic carbocycles. The fraction of sp³-hybridized carbons (Fsp3) is 0.333. The first-order valence-corrected chi connectivity index (χ1v) is 3.82. The number of hydrogen-bond acceptors (Lipinski definition) is 3. The van der Waals surface area contributed by atoms with Crippen molar-refractivity contribution in [3.63, 3.8) is 0 Å². The highest BCUT2D eigenvalue weighted by Crippen LogP contribution is 2.07. The summed E-state index contributed by atoms with van der Waals surface area (Å²) in [5, 5.41) is 1.76. The van der Waals surface area contributed by atoms with E-state index in [-0.39, 0.29) is 0 Å². The quantitative estimate of drug-likeness (QED) is 0.542. The van der Waals surface area contributed by atoms with Gasteiger partial charge >= 0.3 is 0 Å². The second kappa shape index (κ2) is 4.09. The van der Waals surface area contributed by atoms with E-state index in [0.29, 0.717) is 0 Å². The summed E-state index contributed by atoms with van der Waals surface area (Å²) in [5.74, 6) is 0. The molecule has 1 rings (SSSR count). The fourth-order valence-electron chi connectivity index (χ4n) is 0.945. The van der Waals surface area contributed by atoms with Crippen LogP contribution in [0.25, 0.3) is 0 Å². The van der Waals surface area contributed by atoms with E-state index in [2.05, 4.69) is 0 Å². The van der Waals surface area contributed by atoms with E-state index in [4.69, 9.17) is 10.6 Å². The van der Waals surface area contributed by atoms with Crippen LogP contribution in [0, 0.1) is 0 Å². The van der Waals surface area contributed by atoms with Crippen LogP contribution in [0.3, 0.4) is 0 Å². The number of benzene rings is 1. The molecular formula is C9H14N2O. The van der Waals surface area contributed by atoms with Gasteiger partial charge in [-0.3, -0.25) is 0 Å². The van der Waals surface area contributed by atoms with E-state index in [1.165, 1.54) is 5.56 Å². The zero-order chi connectivity index (χ0) is 8.97. The van der Waals surface area contributed by atoms with Gasteiger partial charge in [-0.05, 0) is 17.7 Å². The number of nitrogens with two attached hydrogens (primary N) is 1. The topological polar surface area (TPSA) is 38.5 Å². The molecule has 2 N–H and O–H groups in total. The van der Waals surface area contributed by atoms with Gasteiger partial charge in [-0.1, -0.05) is 12.1 Å². The van der Waals surface area contributed by atoms with Gasteiger partial charge in [-0.2, -0.15) is 5.06 Å². The number of anilines is 1. The smallest absolute Gasteiger partial charge is 0.0575 e. The van der Waals surface area contributed by atoms with Crippen molar-refractivity contribution in [2.75, 3.05) is 19.9 Å². The molecular weight excluding hydrogens is 152 g/mol. The number of hydroxylamine groups is 2. The van der Waals surface area contributed by atoms with Crippen LogP contribution in [0.2, 0.25) is 0 Å². The summed E-state index contributed by atoms with van der Waals surface area (Å²) in [6.07, 6.45) is 0. The Bertz CT molecular complexity index is 233. The van der Waals surface area contributed by atoms with E-state index >= 15 is 0 Å². The van der Waals surface area contributed by atoms with Crippen molar-refractivity contribution in [1.29, 1.82) is 0 Å². The second-order valence-electron chi connectivity index (χ2n) is 2.71. The van der Waals surface area contributed by atoms with E-state index in [1.807, 2.05) is 31.3 Å². The van der Waals surface area contributed by atoms with Crippen molar-refractivity contribution in [3.05, 3.63) is 29.8 Å². The van der Waals surface area contributed by atoms with Crippen LogP contribution in [0.5, 0.6) is 0 Å². The van der Waals surface area contributed by atoms with Gasteiger partial charge in [0, 0.05) is 19.3 Å². The minimum Gasteiger partial charge on any atom is -0.399 e. The van der Waals surface area contributed by atoms with Crippen LogP contribution >= 0.6 is 0 Å². The third kappa shape index (κ3) is 2.53. The molecule has 0 heterocycles. The van der Waals surface area contributed by atoms with Gasteiger partial charge in [0.15, 0.2) is 0 Å². The first-order chi connectivity index (χ1) is 5.72. The molecule has 0 saturated heterocycles. The predicted octanol–water partition coefficient (Wildman–Crippen LogP) is 1.26. The lowest BCUT2D eigenvalue weighted by atomic mass is 10.2. The molecule has 0 amide bonds. The van der Waals surface area contributed by atoms with Gasteiger partial charge in [0.25, 0.3) is 0 Å². The average molecular weight is 166 g/mol. The van der Waals surface area contributed by atoms with Crippen molar-refractivity contribution in [2.24, 2.45) is 0 Å². The molecule has 1 aromatic rings. The highest BCUT2D eigenvalue weighted by molar-refractivity contribution is 5.39. The first-order valence-electron chi connectivity index (χ1n) is 3.82. The van der Waals surface area contributed by atoms with E-state index in [9.17, 15) is 0 Å². The highest BCUT2D eigenvalue weighted by atomic mass is 16.7. The maximum atomic E-state index is 5.55. The van der Waals surface area contributed by atoms with Gasteiger partial charge in [-0.25, -0.2) is 0 Å². The normalized spacial score (nSPS) is 10.6. The molecule has 3 heteroatoms. The van der Waals surface area contributed by atoms with Crippen LogP contribution in [0.4, 0.5) is 5.69 Å². The molecule has 66 valence electrons. The molecule has 0 atom stereocenters. The molecule has 0 aliphatic carbocycles. The molecule has 0 aliphatic heterocycles. The Balaban J connectivity index is 2.58. The molecule has 12 heavy (non-hydrogen) atoms. The van der Waals surface area contributed by atoms with Gasteiger partial charge in [0.05, 0.1) is 7.11 Å².